The number of carbonyl (C=O) groups excluding carboxylic acids is 1. The summed E-state index contributed by atoms with van der Waals surface area (Å²) in [6.45, 7) is 4.06. The van der Waals surface area contributed by atoms with Gasteiger partial charge in [0.1, 0.15) is 5.75 Å². The Labute approximate surface area is 170 Å². The topological polar surface area (TPSA) is 44.8 Å². The SMILES string of the molecule is COc1ccc(NC(=O)N2CCN(Cc3ccc(Br)c(Br)c3)CC2)cc1. The number of hydrogen-bond acceptors (Lipinski definition) is 3. The van der Waals surface area contributed by atoms with Gasteiger partial charge in [-0.15, -0.1) is 0 Å². The molecule has 1 aliphatic heterocycles. The molecule has 1 fully saturated rings. The minimum absolute atomic E-state index is 0.0544. The van der Waals surface area contributed by atoms with Gasteiger partial charge >= 0.3 is 6.03 Å². The van der Waals surface area contributed by atoms with Gasteiger partial charge in [0.2, 0.25) is 0 Å². The first-order chi connectivity index (χ1) is 12.5. The van der Waals surface area contributed by atoms with E-state index in [2.05, 4.69) is 60.3 Å². The van der Waals surface area contributed by atoms with Crippen LogP contribution >= 0.6 is 31.9 Å². The minimum Gasteiger partial charge on any atom is -0.497 e. The fourth-order valence-electron chi connectivity index (χ4n) is 2.88. The number of urea groups is 1. The van der Waals surface area contributed by atoms with Crippen LogP contribution in [0.2, 0.25) is 0 Å². The van der Waals surface area contributed by atoms with Crippen molar-refractivity contribution in [2.75, 3.05) is 38.6 Å². The van der Waals surface area contributed by atoms with E-state index in [0.717, 1.165) is 53.1 Å². The first kappa shape index (κ1) is 19.2. The molecule has 0 spiro atoms. The Bertz CT molecular complexity index is 760. The zero-order valence-electron chi connectivity index (χ0n) is 14.5. The van der Waals surface area contributed by atoms with Crippen LogP contribution < -0.4 is 10.1 Å². The molecule has 0 unspecified atom stereocenters. The van der Waals surface area contributed by atoms with Crippen molar-refractivity contribution < 1.29 is 9.53 Å². The molecule has 2 aromatic rings. The number of carbonyl (C=O) groups is 1. The normalized spacial score (nSPS) is 15.0. The fourth-order valence-corrected chi connectivity index (χ4v) is 3.55. The number of piperazine rings is 1. The Morgan fingerprint density at radius 1 is 1.04 bits per heavy atom. The van der Waals surface area contributed by atoms with E-state index < -0.39 is 0 Å². The molecule has 0 saturated carbocycles. The van der Waals surface area contributed by atoms with Crippen molar-refractivity contribution in [3.05, 3.63) is 57.0 Å². The van der Waals surface area contributed by atoms with Crippen molar-refractivity contribution in [1.82, 2.24) is 9.80 Å². The summed E-state index contributed by atoms with van der Waals surface area (Å²) in [5.41, 5.74) is 2.04. The number of anilines is 1. The number of nitrogens with zero attached hydrogens (tertiary/aromatic N) is 2. The number of nitrogens with one attached hydrogen (secondary N) is 1. The lowest BCUT2D eigenvalue weighted by Gasteiger charge is -2.34. The molecule has 5 nitrogen and oxygen atoms in total. The van der Waals surface area contributed by atoms with Crippen molar-refractivity contribution in [1.29, 1.82) is 0 Å². The van der Waals surface area contributed by atoms with Crippen LogP contribution in [-0.4, -0.2) is 49.1 Å². The van der Waals surface area contributed by atoms with E-state index in [-0.39, 0.29) is 6.03 Å². The zero-order valence-corrected chi connectivity index (χ0v) is 17.7. The Balaban J connectivity index is 1.49. The summed E-state index contributed by atoms with van der Waals surface area (Å²) in [5, 5.41) is 2.94. The molecular formula is C19H21Br2N3O2. The summed E-state index contributed by atoms with van der Waals surface area (Å²) in [6.07, 6.45) is 0. The van der Waals surface area contributed by atoms with Gasteiger partial charge in [-0.2, -0.15) is 0 Å². The number of benzene rings is 2. The van der Waals surface area contributed by atoms with Crippen LogP contribution in [-0.2, 0) is 6.54 Å². The standard InChI is InChI=1S/C19H21Br2N3O2/c1-26-16-5-3-15(4-6-16)22-19(25)24-10-8-23(9-11-24)13-14-2-7-17(20)18(21)12-14/h2-7,12H,8-11,13H2,1H3,(H,22,25). The van der Waals surface area contributed by atoms with Gasteiger partial charge in [0, 0.05) is 47.4 Å². The molecule has 2 aromatic carbocycles. The highest BCUT2D eigenvalue weighted by Gasteiger charge is 2.21. The van der Waals surface area contributed by atoms with E-state index in [4.69, 9.17) is 4.74 Å². The molecule has 0 atom stereocenters. The second-order valence-corrected chi connectivity index (χ2v) is 7.88. The second kappa shape index (κ2) is 8.88. The van der Waals surface area contributed by atoms with E-state index in [1.807, 2.05) is 29.2 Å². The second-order valence-electron chi connectivity index (χ2n) is 6.17. The molecule has 7 heteroatoms. The molecule has 1 aliphatic rings. The smallest absolute Gasteiger partial charge is 0.321 e. The highest BCUT2D eigenvalue weighted by molar-refractivity contribution is 9.13. The number of hydrogen-bond donors (Lipinski definition) is 1. The number of halogens is 2. The van der Waals surface area contributed by atoms with Crippen LogP contribution in [0.3, 0.4) is 0 Å². The van der Waals surface area contributed by atoms with Gasteiger partial charge in [-0.1, -0.05) is 6.07 Å². The average Bonchev–Trinajstić information content (AvgIpc) is 2.66. The Morgan fingerprint density at radius 2 is 1.73 bits per heavy atom. The molecule has 0 aromatic heterocycles. The maximum atomic E-state index is 12.4. The molecule has 1 heterocycles. The summed E-state index contributed by atoms with van der Waals surface area (Å²) in [5.74, 6) is 0.774. The van der Waals surface area contributed by atoms with Crippen LogP contribution in [0.15, 0.2) is 51.4 Å². The summed E-state index contributed by atoms with van der Waals surface area (Å²) in [7, 11) is 1.63. The van der Waals surface area contributed by atoms with Gasteiger partial charge in [0.05, 0.1) is 7.11 Å². The first-order valence-corrected chi connectivity index (χ1v) is 10.00. The molecule has 2 amide bonds. The molecule has 1 saturated heterocycles. The van der Waals surface area contributed by atoms with Gasteiger partial charge in [0.15, 0.2) is 0 Å². The highest BCUT2D eigenvalue weighted by Crippen LogP contribution is 2.24. The predicted molar refractivity (Wildman–Crippen MR) is 111 cm³/mol. The van der Waals surface area contributed by atoms with Crippen LogP contribution in [0.5, 0.6) is 5.75 Å². The van der Waals surface area contributed by atoms with E-state index in [9.17, 15) is 4.79 Å². The van der Waals surface area contributed by atoms with E-state index in [1.54, 1.807) is 7.11 Å². The first-order valence-electron chi connectivity index (χ1n) is 8.41. The minimum atomic E-state index is -0.0544. The summed E-state index contributed by atoms with van der Waals surface area (Å²) in [4.78, 5) is 16.6. The highest BCUT2D eigenvalue weighted by atomic mass is 79.9. The zero-order chi connectivity index (χ0) is 18.5. The quantitative estimate of drug-likeness (QED) is 0.694. The third-order valence-corrected chi connectivity index (χ3v) is 6.27. The molecule has 1 N–H and O–H groups in total. The largest absolute Gasteiger partial charge is 0.497 e. The fraction of sp³-hybridized carbons (Fsp3) is 0.316. The van der Waals surface area contributed by atoms with Crippen molar-refractivity contribution in [2.24, 2.45) is 0 Å². The maximum absolute atomic E-state index is 12.4. The molecule has 26 heavy (non-hydrogen) atoms. The number of rotatable bonds is 4. The molecular weight excluding hydrogens is 462 g/mol. The van der Waals surface area contributed by atoms with E-state index in [0.29, 0.717) is 0 Å². The third-order valence-electron chi connectivity index (χ3n) is 4.39. The lowest BCUT2D eigenvalue weighted by molar-refractivity contribution is 0.143. The molecule has 138 valence electrons. The van der Waals surface area contributed by atoms with Gasteiger partial charge < -0.3 is 15.0 Å². The Kier molecular flexibility index (Phi) is 6.56. The molecule has 0 aliphatic carbocycles. The van der Waals surface area contributed by atoms with Crippen molar-refractivity contribution in [3.8, 4) is 5.75 Å². The lowest BCUT2D eigenvalue weighted by atomic mass is 10.2. The summed E-state index contributed by atoms with van der Waals surface area (Å²) < 4.78 is 7.25. The van der Waals surface area contributed by atoms with Crippen LogP contribution in [0.25, 0.3) is 0 Å². The van der Waals surface area contributed by atoms with Gasteiger partial charge in [0.25, 0.3) is 0 Å². The van der Waals surface area contributed by atoms with Crippen LogP contribution in [0.4, 0.5) is 10.5 Å². The Morgan fingerprint density at radius 3 is 2.35 bits per heavy atom. The molecule has 0 radical (unpaired) electrons. The number of methoxy groups -OCH3 is 1. The number of ether oxygens (including phenoxy) is 1. The summed E-state index contributed by atoms with van der Waals surface area (Å²) in [6, 6.07) is 13.6. The van der Waals surface area contributed by atoms with Gasteiger partial charge in [-0.05, 0) is 73.8 Å². The van der Waals surface area contributed by atoms with E-state index >= 15 is 0 Å². The average molecular weight is 483 g/mol. The van der Waals surface area contributed by atoms with E-state index in [1.165, 1.54) is 5.56 Å². The van der Waals surface area contributed by atoms with Crippen LogP contribution in [0, 0.1) is 0 Å². The monoisotopic (exact) mass is 481 g/mol. The Hall–Kier alpha value is -1.57. The summed E-state index contributed by atoms with van der Waals surface area (Å²) >= 11 is 7.04. The third kappa shape index (κ3) is 4.99. The molecule has 3 rings (SSSR count). The van der Waals surface area contributed by atoms with Gasteiger partial charge in [-0.25, -0.2) is 4.79 Å². The van der Waals surface area contributed by atoms with Crippen LogP contribution in [0.1, 0.15) is 5.56 Å². The number of amides is 2. The maximum Gasteiger partial charge on any atom is 0.321 e. The van der Waals surface area contributed by atoms with Crippen molar-refractivity contribution in [3.63, 3.8) is 0 Å². The molecule has 0 bridgehead atoms. The van der Waals surface area contributed by atoms with Gasteiger partial charge in [-0.3, -0.25) is 4.90 Å². The van der Waals surface area contributed by atoms with Crippen molar-refractivity contribution in [2.45, 2.75) is 6.54 Å². The predicted octanol–water partition coefficient (Wildman–Crippen LogP) is 4.57. The lowest BCUT2D eigenvalue weighted by Crippen LogP contribution is -2.49. The van der Waals surface area contributed by atoms with Crippen molar-refractivity contribution >= 4 is 43.6 Å².